The van der Waals surface area contributed by atoms with E-state index in [2.05, 4.69) is 16.0 Å². The molecule has 1 aromatic carbocycles. The van der Waals surface area contributed by atoms with Gasteiger partial charge in [-0.15, -0.1) is 11.8 Å². The Balaban J connectivity index is 1.88. The summed E-state index contributed by atoms with van der Waals surface area (Å²) >= 11 is 1.29. The number of nitro benzene ring substituents is 1. The standard InChI is InChI=1S/C13H16N4O4S/c1-8-6-12(16-13(19)14-8)22-7-11(18)15-9-4-2-3-5-10(9)17(20)21/h2-5,8,12H,6-7H2,1H3,(H,15,18)(H2,14,16,19). The van der Waals surface area contributed by atoms with Crippen LogP contribution < -0.4 is 16.0 Å². The van der Waals surface area contributed by atoms with Crippen LogP contribution in [0.5, 0.6) is 0 Å². The van der Waals surface area contributed by atoms with E-state index in [4.69, 9.17) is 0 Å². The molecule has 1 fully saturated rings. The third kappa shape index (κ3) is 4.35. The van der Waals surface area contributed by atoms with Crippen molar-refractivity contribution in [3.05, 3.63) is 34.4 Å². The van der Waals surface area contributed by atoms with Gasteiger partial charge in [-0.25, -0.2) is 4.79 Å². The molecule has 1 aliphatic rings. The molecule has 1 saturated heterocycles. The number of hydrogen-bond acceptors (Lipinski definition) is 5. The van der Waals surface area contributed by atoms with Gasteiger partial charge < -0.3 is 16.0 Å². The Bertz CT molecular complexity index is 595. The predicted molar refractivity (Wildman–Crippen MR) is 83.7 cm³/mol. The average molecular weight is 324 g/mol. The number of carbonyl (C=O) groups excluding carboxylic acids is 2. The molecule has 0 spiro atoms. The molecule has 2 atom stereocenters. The molecular formula is C13H16N4O4S. The predicted octanol–water partition coefficient (Wildman–Crippen LogP) is 1.68. The summed E-state index contributed by atoms with van der Waals surface area (Å²) in [4.78, 5) is 33.6. The number of benzene rings is 1. The first-order valence-electron chi connectivity index (χ1n) is 6.67. The second kappa shape index (κ2) is 7.12. The molecule has 2 unspecified atom stereocenters. The molecule has 1 heterocycles. The van der Waals surface area contributed by atoms with Crippen LogP contribution in [0.15, 0.2) is 24.3 Å². The van der Waals surface area contributed by atoms with Crippen molar-refractivity contribution in [2.45, 2.75) is 24.8 Å². The van der Waals surface area contributed by atoms with Crippen LogP contribution in [0.4, 0.5) is 16.2 Å². The van der Waals surface area contributed by atoms with Crippen LogP contribution in [-0.2, 0) is 4.79 Å². The van der Waals surface area contributed by atoms with Crippen molar-refractivity contribution in [1.82, 2.24) is 10.6 Å². The number of carbonyl (C=O) groups is 2. The first-order chi connectivity index (χ1) is 10.5. The summed E-state index contributed by atoms with van der Waals surface area (Å²) in [6.07, 6.45) is 0.704. The van der Waals surface area contributed by atoms with Gasteiger partial charge in [0.05, 0.1) is 16.1 Å². The third-order valence-corrected chi connectivity index (χ3v) is 4.17. The van der Waals surface area contributed by atoms with Gasteiger partial charge in [-0.2, -0.15) is 0 Å². The Morgan fingerprint density at radius 2 is 2.18 bits per heavy atom. The Labute approximate surface area is 131 Å². The maximum absolute atomic E-state index is 11.9. The Morgan fingerprint density at radius 1 is 1.45 bits per heavy atom. The van der Waals surface area contributed by atoms with Crippen LogP contribution in [0.1, 0.15) is 13.3 Å². The monoisotopic (exact) mass is 324 g/mol. The second-order valence-corrected chi connectivity index (χ2v) is 6.07. The minimum Gasteiger partial charge on any atom is -0.336 e. The van der Waals surface area contributed by atoms with E-state index in [9.17, 15) is 19.7 Å². The van der Waals surface area contributed by atoms with Crippen molar-refractivity contribution in [3.8, 4) is 0 Å². The van der Waals surface area contributed by atoms with Gasteiger partial charge in [0.2, 0.25) is 5.91 Å². The molecule has 8 nitrogen and oxygen atoms in total. The zero-order valence-corrected chi connectivity index (χ0v) is 12.7. The van der Waals surface area contributed by atoms with Gasteiger partial charge in [0.1, 0.15) is 5.69 Å². The summed E-state index contributed by atoms with van der Waals surface area (Å²) in [6.45, 7) is 1.89. The Kier molecular flexibility index (Phi) is 5.21. The molecule has 0 bridgehead atoms. The SMILES string of the molecule is CC1CC(SCC(=O)Nc2ccccc2[N+](=O)[O-])NC(=O)N1. The summed E-state index contributed by atoms with van der Waals surface area (Å²) in [5, 5.41) is 18.7. The van der Waals surface area contributed by atoms with Crippen molar-refractivity contribution in [3.63, 3.8) is 0 Å². The van der Waals surface area contributed by atoms with Crippen LogP contribution in [0.2, 0.25) is 0 Å². The molecule has 1 aliphatic heterocycles. The summed E-state index contributed by atoms with van der Waals surface area (Å²) in [5.41, 5.74) is 0.0189. The van der Waals surface area contributed by atoms with Crippen molar-refractivity contribution >= 4 is 35.1 Å². The summed E-state index contributed by atoms with van der Waals surface area (Å²) in [5.74, 6) is -0.247. The molecule has 0 saturated carbocycles. The number of para-hydroxylation sites is 2. The highest BCUT2D eigenvalue weighted by molar-refractivity contribution is 8.00. The van der Waals surface area contributed by atoms with Gasteiger partial charge in [-0.05, 0) is 19.4 Å². The third-order valence-electron chi connectivity index (χ3n) is 3.03. The largest absolute Gasteiger partial charge is 0.336 e. The number of amides is 3. The molecule has 0 aliphatic carbocycles. The van der Waals surface area contributed by atoms with Crippen LogP contribution >= 0.6 is 11.8 Å². The van der Waals surface area contributed by atoms with E-state index in [1.54, 1.807) is 6.07 Å². The Morgan fingerprint density at radius 3 is 2.86 bits per heavy atom. The zero-order chi connectivity index (χ0) is 16.1. The zero-order valence-electron chi connectivity index (χ0n) is 11.9. The fourth-order valence-corrected chi connectivity index (χ4v) is 3.10. The number of rotatable bonds is 5. The van der Waals surface area contributed by atoms with Crippen molar-refractivity contribution < 1.29 is 14.5 Å². The highest BCUT2D eigenvalue weighted by Gasteiger charge is 2.24. The lowest BCUT2D eigenvalue weighted by molar-refractivity contribution is -0.383. The Hall–Kier alpha value is -2.29. The van der Waals surface area contributed by atoms with Crippen molar-refractivity contribution in [2.75, 3.05) is 11.1 Å². The summed E-state index contributed by atoms with van der Waals surface area (Å²) < 4.78 is 0. The van der Waals surface area contributed by atoms with Crippen LogP contribution in [-0.4, -0.2) is 34.0 Å². The molecule has 3 N–H and O–H groups in total. The topological polar surface area (TPSA) is 113 Å². The highest BCUT2D eigenvalue weighted by Crippen LogP contribution is 2.24. The van der Waals surface area contributed by atoms with E-state index in [-0.39, 0.29) is 40.5 Å². The van der Waals surface area contributed by atoms with Crippen LogP contribution in [0.3, 0.4) is 0 Å². The maximum atomic E-state index is 11.9. The number of nitrogens with zero attached hydrogens (tertiary/aromatic N) is 1. The van der Waals surface area contributed by atoms with Gasteiger partial charge >= 0.3 is 6.03 Å². The molecule has 0 radical (unpaired) electrons. The first kappa shape index (κ1) is 16.1. The normalized spacial score (nSPS) is 20.7. The first-order valence-corrected chi connectivity index (χ1v) is 7.72. The van der Waals surface area contributed by atoms with Crippen LogP contribution in [0.25, 0.3) is 0 Å². The van der Waals surface area contributed by atoms with Crippen molar-refractivity contribution in [2.24, 2.45) is 0 Å². The van der Waals surface area contributed by atoms with E-state index >= 15 is 0 Å². The molecule has 118 valence electrons. The van der Waals surface area contributed by atoms with Gasteiger partial charge in [0.15, 0.2) is 0 Å². The molecule has 9 heteroatoms. The molecular weight excluding hydrogens is 308 g/mol. The minimum atomic E-state index is -0.544. The fraction of sp³-hybridized carbons (Fsp3) is 0.385. The highest BCUT2D eigenvalue weighted by atomic mass is 32.2. The molecule has 3 amide bonds. The lowest BCUT2D eigenvalue weighted by Crippen LogP contribution is -2.52. The smallest absolute Gasteiger partial charge is 0.315 e. The number of anilines is 1. The molecule has 2 rings (SSSR count). The van der Waals surface area contributed by atoms with Crippen LogP contribution in [0, 0.1) is 10.1 Å². The van der Waals surface area contributed by atoms with Gasteiger partial charge in [0, 0.05) is 12.1 Å². The average Bonchev–Trinajstić information content (AvgIpc) is 2.44. The van der Waals surface area contributed by atoms with Gasteiger partial charge in [0.25, 0.3) is 5.69 Å². The van der Waals surface area contributed by atoms with Gasteiger partial charge in [-0.3, -0.25) is 14.9 Å². The number of nitro groups is 1. The quantitative estimate of drug-likeness (QED) is 0.563. The molecule has 0 aromatic heterocycles. The minimum absolute atomic E-state index is 0.0459. The van der Waals surface area contributed by atoms with E-state index in [1.807, 2.05) is 6.92 Å². The lowest BCUT2D eigenvalue weighted by Gasteiger charge is -2.28. The number of hydrogen-bond donors (Lipinski definition) is 3. The molecule has 22 heavy (non-hydrogen) atoms. The summed E-state index contributed by atoms with van der Waals surface area (Å²) in [7, 11) is 0. The number of nitrogens with one attached hydrogen (secondary N) is 3. The maximum Gasteiger partial charge on any atom is 0.315 e. The van der Waals surface area contributed by atoms with E-state index in [0.29, 0.717) is 6.42 Å². The summed E-state index contributed by atoms with van der Waals surface area (Å²) in [6, 6.07) is 5.76. The fourth-order valence-electron chi connectivity index (χ4n) is 2.06. The van der Waals surface area contributed by atoms with Crippen molar-refractivity contribution in [1.29, 1.82) is 0 Å². The number of urea groups is 1. The molecule has 1 aromatic rings. The lowest BCUT2D eigenvalue weighted by atomic mass is 10.2. The van der Waals surface area contributed by atoms with E-state index in [0.717, 1.165) is 0 Å². The van der Waals surface area contributed by atoms with E-state index in [1.165, 1.54) is 30.0 Å². The van der Waals surface area contributed by atoms with Gasteiger partial charge in [-0.1, -0.05) is 12.1 Å². The number of thioether (sulfide) groups is 1. The van der Waals surface area contributed by atoms with E-state index < -0.39 is 4.92 Å². The second-order valence-electron chi connectivity index (χ2n) is 4.88.